The zero-order valence-corrected chi connectivity index (χ0v) is 14.8. The molecule has 2 aliphatic rings. The summed E-state index contributed by atoms with van der Waals surface area (Å²) < 4.78 is 0. The van der Waals surface area contributed by atoms with Gasteiger partial charge in [0.2, 0.25) is 5.91 Å². The van der Waals surface area contributed by atoms with Gasteiger partial charge in [-0.3, -0.25) is 9.59 Å². The minimum Gasteiger partial charge on any atom is -0.349 e. The van der Waals surface area contributed by atoms with E-state index in [-0.39, 0.29) is 36.2 Å². The molecule has 0 unspecified atom stereocenters. The molecule has 0 bridgehead atoms. The van der Waals surface area contributed by atoms with Gasteiger partial charge in [0, 0.05) is 29.8 Å². The SMILES string of the molecule is Cc1ccc(C(=O)NC2CC2)cc1NC(=O)C[C@@H]1CCC[C@H]1N.Cl. The van der Waals surface area contributed by atoms with Gasteiger partial charge in [-0.1, -0.05) is 12.5 Å². The second kappa shape index (κ2) is 7.99. The number of rotatable bonds is 5. The van der Waals surface area contributed by atoms with Crippen molar-refractivity contribution in [3.8, 4) is 0 Å². The van der Waals surface area contributed by atoms with Gasteiger partial charge in [0.05, 0.1) is 0 Å². The van der Waals surface area contributed by atoms with Gasteiger partial charge in [-0.15, -0.1) is 12.4 Å². The molecule has 3 rings (SSSR count). The molecule has 24 heavy (non-hydrogen) atoms. The normalized spacial score (nSPS) is 22.6. The molecular formula is C18H26ClN3O2. The lowest BCUT2D eigenvalue weighted by molar-refractivity contribution is -0.117. The molecule has 4 N–H and O–H groups in total. The van der Waals surface area contributed by atoms with E-state index in [1.165, 1.54) is 0 Å². The van der Waals surface area contributed by atoms with Crippen LogP contribution in [0.15, 0.2) is 18.2 Å². The van der Waals surface area contributed by atoms with Gasteiger partial charge < -0.3 is 16.4 Å². The number of hydrogen-bond donors (Lipinski definition) is 3. The van der Waals surface area contributed by atoms with Gasteiger partial charge in [-0.2, -0.15) is 0 Å². The van der Waals surface area contributed by atoms with E-state index < -0.39 is 0 Å². The quantitative estimate of drug-likeness (QED) is 0.762. The number of carbonyl (C=O) groups excluding carboxylic acids is 2. The van der Waals surface area contributed by atoms with Crippen molar-refractivity contribution in [2.75, 3.05) is 5.32 Å². The van der Waals surface area contributed by atoms with E-state index in [0.717, 1.165) is 37.7 Å². The van der Waals surface area contributed by atoms with E-state index in [9.17, 15) is 9.59 Å². The Morgan fingerprint density at radius 1 is 1.21 bits per heavy atom. The maximum absolute atomic E-state index is 12.3. The number of halogens is 1. The second-order valence-corrected chi connectivity index (χ2v) is 6.88. The number of hydrogen-bond acceptors (Lipinski definition) is 3. The Bertz CT molecular complexity index is 616. The lowest BCUT2D eigenvalue weighted by Gasteiger charge is -2.16. The van der Waals surface area contributed by atoms with Gasteiger partial charge in [0.25, 0.3) is 5.91 Å². The van der Waals surface area contributed by atoms with Crippen LogP contribution in [0.25, 0.3) is 0 Å². The lowest BCUT2D eigenvalue weighted by Crippen LogP contribution is -2.28. The number of benzene rings is 1. The van der Waals surface area contributed by atoms with Crippen molar-refractivity contribution in [1.29, 1.82) is 0 Å². The van der Waals surface area contributed by atoms with Crippen LogP contribution in [0.3, 0.4) is 0 Å². The molecule has 2 fully saturated rings. The van der Waals surface area contributed by atoms with Crippen molar-refractivity contribution in [1.82, 2.24) is 5.32 Å². The van der Waals surface area contributed by atoms with Gasteiger partial charge in [-0.25, -0.2) is 0 Å². The molecule has 132 valence electrons. The van der Waals surface area contributed by atoms with Gasteiger partial charge in [0.1, 0.15) is 0 Å². The highest BCUT2D eigenvalue weighted by Gasteiger charge is 2.26. The second-order valence-electron chi connectivity index (χ2n) is 6.88. The fraction of sp³-hybridized carbons (Fsp3) is 0.556. The van der Waals surface area contributed by atoms with Crippen LogP contribution in [0.2, 0.25) is 0 Å². The molecule has 1 aromatic rings. The van der Waals surface area contributed by atoms with Crippen molar-refractivity contribution in [2.24, 2.45) is 11.7 Å². The van der Waals surface area contributed by atoms with E-state index in [4.69, 9.17) is 5.73 Å². The van der Waals surface area contributed by atoms with Crippen molar-refractivity contribution in [3.63, 3.8) is 0 Å². The lowest BCUT2D eigenvalue weighted by atomic mass is 9.99. The van der Waals surface area contributed by atoms with Crippen LogP contribution in [0, 0.1) is 12.8 Å². The van der Waals surface area contributed by atoms with Crippen molar-refractivity contribution < 1.29 is 9.59 Å². The molecule has 0 aliphatic heterocycles. The molecule has 2 saturated carbocycles. The fourth-order valence-electron chi connectivity index (χ4n) is 3.15. The third-order valence-electron chi connectivity index (χ3n) is 4.85. The Morgan fingerprint density at radius 2 is 1.96 bits per heavy atom. The predicted octanol–water partition coefficient (Wildman–Crippen LogP) is 2.77. The van der Waals surface area contributed by atoms with E-state index in [2.05, 4.69) is 10.6 Å². The number of nitrogens with one attached hydrogen (secondary N) is 2. The van der Waals surface area contributed by atoms with Gasteiger partial charge >= 0.3 is 0 Å². The van der Waals surface area contributed by atoms with Crippen LogP contribution in [-0.2, 0) is 4.79 Å². The summed E-state index contributed by atoms with van der Waals surface area (Å²) >= 11 is 0. The summed E-state index contributed by atoms with van der Waals surface area (Å²) in [5.41, 5.74) is 8.30. The third kappa shape index (κ3) is 4.71. The van der Waals surface area contributed by atoms with E-state index in [0.29, 0.717) is 23.7 Å². The molecule has 0 aromatic heterocycles. The molecule has 0 saturated heterocycles. The number of carbonyl (C=O) groups is 2. The van der Waals surface area contributed by atoms with E-state index in [1.54, 1.807) is 12.1 Å². The smallest absolute Gasteiger partial charge is 0.251 e. The molecule has 0 heterocycles. The minimum absolute atomic E-state index is 0. The highest BCUT2D eigenvalue weighted by molar-refractivity contribution is 5.98. The van der Waals surface area contributed by atoms with Crippen molar-refractivity contribution in [2.45, 2.75) is 57.5 Å². The van der Waals surface area contributed by atoms with Crippen LogP contribution in [0.5, 0.6) is 0 Å². The van der Waals surface area contributed by atoms with E-state index >= 15 is 0 Å². The topological polar surface area (TPSA) is 84.2 Å². The first-order valence-corrected chi connectivity index (χ1v) is 8.50. The first-order chi connectivity index (χ1) is 11.0. The molecule has 0 radical (unpaired) electrons. The first-order valence-electron chi connectivity index (χ1n) is 8.50. The zero-order chi connectivity index (χ0) is 16.4. The Kier molecular flexibility index (Phi) is 6.24. The summed E-state index contributed by atoms with van der Waals surface area (Å²) in [6.45, 7) is 1.93. The number of anilines is 1. The first kappa shape index (κ1) is 18.7. The van der Waals surface area contributed by atoms with Crippen molar-refractivity contribution in [3.05, 3.63) is 29.3 Å². The predicted molar refractivity (Wildman–Crippen MR) is 97.5 cm³/mol. The highest BCUT2D eigenvalue weighted by atomic mass is 35.5. The van der Waals surface area contributed by atoms with Crippen LogP contribution in [-0.4, -0.2) is 23.9 Å². The summed E-state index contributed by atoms with van der Waals surface area (Å²) in [5, 5.41) is 5.91. The van der Waals surface area contributed by atoms with Crippen LogP contribution in [0.4, 0.5) is 5.69 Å². The maximum atomic E-state index is 12.3. The Hall–Kier alpha value is -1.59. The summed E-state index contributed by atoms with van der Waals surface area (Å²) in [6, 6.07) is 5.90. The molecular weight excluding hydrogens is 326 g/mol. The monoisotopic (exact) mass is 351 g/mol. The third-order valence-corrected chi connectivity index (χ3v) is 4.85. The number of nitrogens with two attached hydrogens (primary N) is 1. The average molecular weight is 352 g/mol. The Balaban J connectivity index is 0.00000208. The van der Waals surface area contributed by atoms with Crippen molar-refractivity contribution >= 4 is 29.9 Å². The molecule has 5 nitrogen and oxygen atoms in total. The van der Waals surface area contributed by atoms with Crippen LogP contribution < -0.4 is 16.4 Å². The van der Waals surface area contributed by atoms with E-state index in [1.807, 2.05) is 13.0 Å². The van der Waals surface area contributed by atoms with Gasteiger partial charge in [-0.05, 0) is 56.2 Å². The average Bonchev–Trinajstić information content (AvgIpc) is 3.24. The minimum atomic E-state index is -0.0687. The Morgan fingerprint density at radius 3 is 2.58 bits per heavy atom. The summed E-state index contributed by atoms with van der Waals surface area (Å²) in [6.07, 6.45) is 5.71. The molecule has 6 heteroatoms. The van der Waals surface area contributed by atoms with Crippen LogP contribution in [0.1, 0.15) is 54.4 Å². The number of amides is 2. The summed E-state index contributed by atoms with van der Waals surface area (Å²) in [5.74, 6) is 0.188. The number of aryl methyl sites for hydroxylation is 1. The largest absolute Gasteiger partial charge is 0.349 e. The summed E-state index contributed by atoms with van der Waals surface area (Å²) in [4.78, 5) is 24.4. The van der Waals surface area contributed by atoms with Gasteiger partial charge in [0.15, 0.2) is 0 Å². The van der Waals surface area contributed by atoms with Crippen LogP contribution >= 0.6 is 12.4 Å². The molecule has 2 atom stereocenters. The zero-order valence-electron chi connectivity index (χ0n) is 14.0. The molecule has 0 spiro atoms. The standard InChI is InChI=1S/C18H25N3O2.ClH/c1-11-5-6-13(18(23)20-14-7-8-14)9-16(11)21-17(22)10-12-3-2-4-15(12)19;/h5-6,9,12,14-15H,2-4,7-8,10,19H2,1H3,(H,20,23)(H,21,22);1H/t12-,15+;/m0./s1. The summed E-state index contributed by atoms with van der Waals surface area (Å²) in [7, 11) is 0. The Labute approximate surface area is 149 Å². The highest BCUT2D eigenvalue weighted by Crippen LogP contribution is 2.27. The molecule has 2 amide bonds. The molecule has 2 aliphatic carbocycles. The maximum Gasteiger partial charge on any atom is 0.251 e. The fourth-order valence-corrected chi connectivity index (χ4v) is 3.15. The molecule has 1 aromatic carbocycles.